The van der Waals surface area contributed by atoms with E-state index in [0.29, 0.717) is 6.07 Å². The number of aromatic carboxylic acids is 1. The standard InChI is InChI=1S/C11H7F3N2O3/c1-4-2-6-7(3-5(4)11(12,13)14)15-8(10(18)19)9(17)16-6/h2-3H,1H3,(H,16,17)(H,18,19). The number of alkyl halides is 3. The number of rotatable bonds is 1. The average Bonchev–Trinajstić information content (AvgIpc) is 2.25. The fourth-order valence-electron chi connectivity index (χ4n) is 1.69. The fraction of sp³-hybridized carbons (Fsp3) is 0.182. The van der Waals surface area contributed by atoms with E-state index >= 15 is 0 Å². The van der Waals surface area contributed by atoms with Crippen LogP contribution in [-0.2, 0) is 6.18 Å². The number of hydrogen-bond acceptors (Lipinski definition) is 3. The number of carboxylic acids is 1. The summed E-state index contributed by atoms with van der Waals surface area (Å²) in [6.07, 6.45) is -4.57. The number of H-pyrrole nitrogens is 1. The Hall–Kier alpha value is -2.38. The molecule has 0 aliphatic heterocycles. The molecule has 100 valence electrons. The molecule has 5 nitrogen and oxygen atoms in total. The molecule has 0 saturated carbocycles. The van der Waals surface area contributed by atoms with Gasteiger partial charge in [-0.25, -0.2) is 9.78 Å². The van der Waals surface area contributed by atoms with Crippen LogP contribution in [-0.4, -0.2) is 21.0 Å². The van der Waals surface area contributed by atoms with Crippen molar-refractivity contribution in [3.63, 3.8) is 0 Å². The van der Waals surface area contributed by atoms with Crippen LogP contribution in [0.4, 0.5) is 13.2 Å². The van der Waals surface area contributed by atoms with Crippen LogP contribution < -0.4 is 5.56 Å². The summed E-state index contributed by atoms with van der Waals surface area (Å²) in [5.74, 6) is -1.60. The molecule has 0 spiro atoms. The van der Waals surface area contributed by atoms with Crippen molar-refractivity contribution < 1.29 is 23.1 Å². The number of fused-ring (bicyclic) bond motifs is 1. The molecule has 1 aromatic carbocycles. The van der Waals surface area contributed by atoms with Crippen molar-refractivity contribution in [2.45, 2.75) is 13.1 Å². The van der Waals surface area contributed by atoms with Gasteiger partial charge >= 0.3 is 12.1 Å². The topological polar surface area (TPSA) is 83.0 Å². The summed E-state index contributed by atoms with van der Waals surface area (Å²) >= 11 is 0. The van der Waals surface area contributed by atoms with E-state index in [2.05, 4.69) is 9.97 Å². The number of carbonyl (C=O) groups is 1. The first-order valence-electron chi connectivity index (χ1n) is 5.05. The Morgan fingerprint density at radius 2 is 2.00 bits per heavy atom. The van der Waals surface area contributed by atoms with Gasteiger partial charge in [0.25, 0.3) is 5.56 Å². The molecule has 2 N–H and O–H groups in total. The molecule has 0 fully saturated rings. The van der Waals surface area contributed by atoms with Crippen LogP contribution in [0.2, 0.25) is 0 Å². The van der Waals surface area contributed by atoms with Gasteiger partial charge < -0.3 is 10.1 Å². The molecule has 8 heteroatoms. The summed E-state index contributed by atoms with van der Waals surface area (Å²) in [5.41, 5.74) is -2.98. The highest BCUT2D eigenvalue weighted by Gasteiger charge is 2.33. The summed E-state index contributed by atoms with van der Waals surface area (Å²) in [4.78, 5) is 27.7. The lowest BCUT2D eigenvalue weighted by atomic mass is 10.1. The smallest absolute Gasteiger partial charge is 0.416 e. The van der Waals surface area contributed by atoms with E-state index in [4.69, 9.17) is 5.11 Å². The molecule has 0 unspecified atom stereocenters. The van der Waals surface area contributed by atoms with Crippen molar-refractivity contribution in [3.05, 3.63) is 39.3 Å². The second kappa shape index (κ2) is 4.08. The van der Waals surface area contributed by atoms with Crippen LogP contribution in [0.15, 0.2) is 16.9 Å². The Kier molecular flexibility index (Phi) is 2.80. The second-order valence-electron chi connectivity index (χ2n) is 3.90. The summed E-state index contributed by atoms with van der Waals surface area (Å²) in [7, 11) is 0. The lowest BCUT2D eigenvalue weighted by molar-refractivity contribution is -0.137. The summed E-state index contributed by atoms with van der Waals surface area (Å²) in [6.45, 7) is 1.24. The molecule has 0 aliphatic carbocycles. The number of nitrogens with zero attached hydrogens (tertiary/aromatic N) is 1. The zero-order chi connectivity index (χ0) is 14.4. The van der Waals surface area contributed by atoms with Gasteiger partial charge in [-0.3, -0.25) is 4.79 Å². The van der Waals surface area contributed by atoms with Crippen LogP contribution in [0.25, 0.3) is 11.0 Å². The third-order valence-electron chi connectivity index (χ3n) is 2.55. The van der Waals surface area contributed by atoms with Crippen molar-refractivity contribution in [1.82, 2.24) is 9.97 Å². The quantitative estimate of drug-likeness (QED) is 0.831. The number of aromatic amines is 1. The second-order valence-corrected chi connectivity index (χ2v) is 3.90. The number of nitrogens with one attached hydrogen (secondary N) is 1. The molecular formula is C11H7F3N2O3. The largest absolute Gasteiger partial charge is 0.476 e. The van der Waals surface area contributed by atoms with Crippen LogP contribution in [0.1, 0.15) is 21.6 Å². The van der Waals surface area contributed by atoms with E-state index in [1.165, 1.54) is 6.92 Å². The van der Waals surface area contributed by atoms with E-state index in [0.717, 1.165) is 6.07 Å². The predicted octanol–water partition coefficient (Wildman–Crippen LogP) is 1.95. The molecule has 0 aliphatic rings. The number of benzene rings is 1. The van der Waals surface area contributed by atoms with Crippen molar-refractivity contribution in [3.8, 4) is 0 Å². The Labute approximate surface area is 103 Å². The maximum atomic E-state index is 12.7. The van der Waals surface area contributed by atoms with Gasteiger partial charge in [-0.1, -0.05) is 0 Å². The van der Waals surface area contributed by atoms with Crippen molar-refractivity contribution >= 4 is 17.0 Å². The Bertz CT molecular complexity index is 734. The molecule has 1 heterocycles. The minimum absolute atomic E-state index is 0.0560. The lowest BCUT2D eigenvalue weighted by Crippen LogP contribution is -2.20. The van der Waals surface area contributed by atoms with Gasteiger partial charge in [0.05, 0.1) is 16.6 Å². The molecule has 0 atom stereocenters. The molecule has 0 amide bonds. The van der Waals surface area contributed by atoms with Gasteiger partial charge in [0.1, 0.15) is 0 Å². The van der Waals surface area contributed by atoms with Gasteiger partial charge in [-0.2, -0.15) is 13.2 Å². The zero-order valence-electron chi connectivity index (χ0n) is 9.50. The lowest BCUT2D eigenvalue weighted by Gasteiger charge is -2.11. The van der Waals surface area contributed by atoms with Crippen LogP contribution >= 0.6 is 0 Å². The number of aromatic nitrogens is 2. The Morgan fingerprint density at radius 1 is 1.37 bits per heavy atom. The Morgan fingerprint density at radius 3 is 2.53 bits per heavy atom. The van der Waals surface area contributed by atoms with Crippen molar-refractivity contribution in [2.24, 2.45) is 0 Å². The normalized spacial score (nSPS) is 11.8. The first kappa shape index (κ1) is 13.1. The molecule has 0 bridgehead atoms. The summed E-state index contributed by atoms with van der Waals surface area (Å²) in [6, 6.07) is 1.82. The number of carboxylic acid groups (broad SMARTS) is 1. The van der Waals surface area contributed by atoms with E-state index < -0.39 is 29.0 Å². The van der Waals surface area contributed by atoms with Gasteiger partial charge in [0, 0.05) is 0 Å². The van der Waals surface area contributed by atoms with Crippen LogP contribution in [0.3, 0.4) is 0 Å². The summed E-state index contributed by atoms with van der Waals surface area (Å²) < 4.78 is 38.1. The maximum absolute atomic E-state index is 12.7. The van der Waals surface area contributed by atoms with E-state index in [9.17, 15) is 22.8 Å². The van der Waals surface area contributed by atoms with E-state index in [-0.39, 0.29) is 16.6 Å². The van der Waals surface area contributed by atoms with Gasteiger partial charge in [0.2, 0.25) is 5.69 Å². The van der Waals surface area contributed by atoms with E-state index in [1.807, 2.05) is 0 Å². The van der Waals surface area contributed by atoms with Crippen LogP contribution in [0.5, 0.6) is 0 Å². The van der Waals surface area contributed by atoms with Gasteiger partial charge in [0.15, 0.2) is 0 Å². The molecule has 2 rings (SSSR count). The SMILES string of the molecule is Cc1cc2[nH]c(=O)c(C(=O)O)nc2cc1C(F)(F)F. The average molecular weight is 272 g/mol. The Balaban J connectivity index is 2.81. The van der Waals surface area contributed by atoms with Crippen LogP contribution in [0, 0.1) is 6.92 Å². The first-order valence-corrected chi connectivity index (χ1v) is 5.05. The van der Waals surface area contributed by atoms with E-state index in [1.54, 1.807) is 0 Å². The third kappa shape index (κ3) is 2.28. The highest BCUT2D eigenvalue weighted by Crippen LogP contribution is 2.33. The van der Waals surface area contributed by atoms with Crippen molar-refractivity contribution in [1.29, 1.82) is 0 Å². The first-order chi connectivity index (χ1) is 8.70. The minimum Gasteiger partial charge on any atom is -0.476 e. The highest BCUT2D eigenvalue weighted by atomic mass is 19.4. The van der Waals surface area contributed by atoms with Gasteiger partial charge in [-0.15, -0.1) is 0 Å². The fourth-order valence-corrected chi connectivity index (χ4v) is 1.69. The number of hydrogen-bond donors (Lipinski definition) is 2. The molecular weight excluding hydrogens is 265 g/mol. The number of aryl methyl sites for hydroxylation is 1. The molecule has 0 saturated heterocycles. The van der Waals surface area contributed by atoms with Crippen molar-refractivity contribution in [2.75, 3.05) is 0 Å². The predicted molar refractivity (Wildman–Crippen MR) is 59.1 cm³/mol. The maximum Gasteiger partial charge on any atom is 0.416 e. The van der Waals surface area contributed by atoms with Gasteiger partial charge in [-0.05, 0) is 24.6 Å². The zero-order valence-corrected chi connectivity index (χ0v) is 9.50. The monoisotopic (exact) mass is 272 g/mol. The molecule has 1 aromatic heterocycles. The molecule has 2 aromatic rings. The minimum atomic E-state index is -4.57. The highest BCUT2D eigenvalue weighted by molar-refractivity contribution is 5.88. The molecule has 0 radical (unpaired) electrons. The molecule has 19 heavy (non-hydrogen) atoms. The number of halogens is 3. The third-order valence-corrected chi connectivity index (χ3v) is 2.55. The summed E-state index contributed by atoms with van der Waals surface area (Å²) in [5, 5.41) is 8.70.